The first kappa shape index (κ1) is 17.4. The fourth-order valence-corrected chi connectivity index (χ4v) is 2.98. The van der Waals surface area contributed by atoms with Crippen molar-refractivity contribution in [2.75, 3.05) is 26.2 Å². The van der Waals surface area contributed by atoms with Gasteiger partial charge in [-0.3, -0.25) is 9.69 Å². The number of rotatable bonds is 8. The van der Waals surface area contributed by atoms with Crippen molar-refractivity contribution in [2.45, 2.75) is 65.5 Å². The minimum atomic E-state index is 0.186. The highest BCUT2D eigenvalue weighted by atomic mass is 16.2. The van der Waals surface area contributed by atoms with E-state index in [0.29, 0.717) is 24.5 Å². The van der Waals surface area contributed by atoms with Gasteiger partial charge in [0.25, 0.3) is 0 Å². The summed E-state index contributed by atoms with van der Waals surface area (Å²) in [7, 11) is 0. The van der Waals surface area contributed by atoms with E-state index in [4.69, 9.17) is 0 Å². The van der Waals surface area contributed by atoms with E-state index in [-0.39, 0.29) is 5.91 Å². The zero-order valence-corrected chi connectivity index (χ0v) is 13.7. The second kappa shape index (κ2) is 9.35. The van der Waals surface area contributed by atoms with Gasteiger partial charge >= 0.3 is 0 Å². The van der Waals surface area contributed by atoms with Crippen LogP contribution in [0, 0.1) is 5.92 Å². The van der Waals surface area contributed by atoms with E-state index in [0.717, 1.165) is 38.9 Å². The lowest BCUT2D eigenvalue weighted by Crippen LogP contribution is -2.51. The normalized spacial score (nSPS) is 24.1. The second-order valence-electron chi connectivity index (χ2n) is 6.14. The topological polar surface area (TPSA) is 44.4 Å². The smallest absolute Gasteiger partial charge is 0.234 e. The molecule has 0 aromatic heterocycles. The molecule has 1 amide bonds. The SMILES string of the molecule is CCCNC1CCN(CC(=O)NC(CC)CC)CC1C. The van der Waals surface area contributed by atoms with Gasteiger partial charge in [0.05, 0.1) is 6.54 Å². The Kier molecular flexibility index (Phi) is 8.15. The number of nitrogens with one attached hydrogen (secondary N) is 2. The predicted molar refractivity (Wildman–Crippen MR) is 84.8 cm³/mol. The summed E-state index contributed by atoms with van der Waals surface area (Å²) in [5.41, 5.74) is 0. The minimum Gasteiger partial charge on any atom is -0.352 e. The Balaban J connectivity index is 2.31. The molecule has 2 unspecified atom stereocenters. The van der Waals surface area contributed by atoms with Crippen LogP contribution in [0.1, 0.15) is 53.4 Å². The minimum absolute atomic E-state index is 0.186. The highest BCUT2D eigenvalue weighted by molar-refractivity contribution is 5.78. The Labute approximate surface area is 124 Å². The van der Waals surface area contributed by atoms with E-state index < -0.39 is 0 Å². The van der Waals surface area contributed by atoms with Gasteiger partial charge in [0.15, 0.2) is 0 Å². The van der Waals surface area contributed by atoms with Gasteiger partial charge in [-0.25, -0.2) is 0 Å². The predicted octanol–water partition coefficient (Wildman–Crippen LogP) is 2.00. The molecule has 4 nitrogen and oxygen atoms in total. The lowest BCUT2D eigenvalue weighted by molar-refractivity contribution is -0.123. The summed E-state index contributed by atoms with van der Waals surface area (Å²) < 4.78 is 0. The molecule has 1 rings (SSSR count). The van der Waals surface area contributed by atoms with Crippen molar-refractivity contribution in [3.8, 4) is 0 Å². The van der Waals surface area contributed by atoms with Gasteiger partial charge in [-0.05, 0) is 38.1 Å². The van der Waals surface area contributed by atoms with Gasteiger partial charge in [-0.15, -0.1) is 0 Å². The summed E-state index contributed by atoms with van der Waals surface area (Å²) in [6.45, 7) is 12.5. The summed E-state index contributed by atoms with van der Waals surface area (Å²) >= 11 is 0. The van der Waals surface area contributed by atoms with Crippen LogP contribution in [0.25, 0.3) is 0 Å². The summed E-state index contributed by atoms with van der Waals surface area (Å²) in [5.74, 6) is 0.808. The molecule has 0 saturated carbocycles. The van der Waals surface area contributed by atoms with Crippen molar-refractivity contribution in [3.63, 3.8) is 0 Å². The van der Waals surface area contributed by atoms with Gasteiger partial charge in [0, 0.05) is 25.2 Å². The van der Waals surface area contributed by atoms with E-state index in [2.05, 4.69) is 43.2 Å². The zero-order chi connectivity index (χ0) is 15.0. The molecule has 1 aliphatic rings. The number of carbonyl (C=O) groups is 1. The van der Waals surface area contributed by atoms with E-state index in [1.54, 1.807) is 0 Å². The average molecular weight is 283 g/mol. The van der Waals surface area contributed by atoms with Gasteiger partial charge in [-0.2, -0.15) is 0 Å². The molecule has 1 saturated heterocycles. The number of hydrogen-bond acceptors (Lipinski definition) is 3. The third-order valence-corrected chi connectivity index (χ3v) is 4.36. The van der Waals surface area contributed by atoms with E-state index >= 15 is 0 Å². The first-order valence-electron chi connectivity index (χ1n) is 8.35. The van der Waals surface area contributed by atoms with E-state index in [1.807, 2.05) is 0 Å². The lowest BCUT2D eigenvalue weighted by Gasteiger charge is -2.37. The molecule has 2 atom stereocenters. The van der Waals surface area contributed by atoms with Crippen LogP contribution in [0.2, 0.25) is 0 Å². The highest BCUT2D eigenvalue weighted by Gasteiger charge is 2.26. The largest absolute Gasteiger partial charge is 0.352 e. The van der Waals surface area contributed by atoms with Crippen molar-refractivity contribution in [1.29, 1.82) is 0 Å². The van der Waals surface area contributed by atoms with Crippen molar-refractivity contribution in [1.82, 2.24) is 15.5 Å². The maximum atomic E-state index is 12.0. The molecule has 0 bridgehead atoms. The molecule has 0 aromatic carbocycles. The number of amides is 1. The fraction of sp³-hybridized carbons (Fsp3) is 0.938. The highest BCUT2D eigenvalue weighted by Crippen LogP contribution is 2.16. The Morgan fingerprint density at radius 1 is 1.30 bits per heavy atom. The van der Waals surface area contributed by atoms with Crippen LogP contribution in [0.4, 0.5) is 0 Å². The maximum Gasteiger partial charge on any atom is 0.234 e. The summed E-state index contributed by atoms with van der Waals surface area (Å²) in [4.78, 5) is 14.3. The number of nitrogens with zero attached hydrogens (tertiary/aromatic N) is 1. The van der Waals surface area contributed by atoms with E-state index in [1.165, 1.54) is 6.42 Å². The quantitative estimate of drug-likeness (QED) is 0.716. The Bertz CT molecular complexity index is 279. The molecule has 1 heterocycles. The van der Waals surface area contributed by atoms with Crippen LogP contribution >= 0.6 is 0 Å². The average Bonchev–Trinajstić information content (AvgIpc) is 2.44. The van der Waals surface area contributed by atoms with Gasteiger partial charge in [-0.1, -0.05) is 27.7 Å². The third-order valence-electron chi connectivity index (χ3n) is 4.36. The number of hydrogen-bond donors (Lipinski definition) is 2. The number of piperidine rings is 1. The van der Waals surface area contributed by atoms with Crippen molar-refractivity contribution in [2.24, 2.45) is 5.92 Å². The number of likely N-dealkylation sites (tertiary alicyclic amines) is 1. The molecule has 2 N–H and O–H groups in total. The fourth-order valence-electron chi connectivity index (χ4n) is 2.98. The van der Waals surface area contributed by atoms with Crippen LogP contribution in [0.15, 0.2) is 0 Å². The maximum absolute atomic E-state index is 12.0. The van der Waals surface area contributed by atoms with Crippen molar-refractivity contribution < 1.29 is 4.79 Å². The van der Waals surface area contributed by atoms with Crippen LogP contribution in [0.5, 0.6) is 0 Å². The molecule has 0 aromatic rings. The monoisotopic (exact) mass is 283 g/mol. The van der Waals surface area contributed by atoms with E-state index in [9.17, 15) is 4.79 Å². The Morgan fingerprint density at radius 2 is 2.00 bits per heavy atom. The molecule has 4 heteroatoms. The Morgan fingerprint density at radius 3 is 2.55 bits per heavy atom. The molecular weight excluding hydrogens is 250 g/mol. The number of carbonyl (C=O) groups excluding carboxylic acids is 1. The van der Waals surface area contributed by atoms with Crippen LogP contribution in [-0.4, -0.2) is 49.1 Å². The van der Waals surface area contributed by atoms with Crippen LogP contribution < -0.4 is 10.6 Å². The molecule has 0 radical (unpaired) electrons. The first-order valence-corrected chi connectivity index (χ1v) is 8.35. The molecule has 1 fully saturated rings. The molecular formula is C16H33N3O. The standard InChI is InChI=1S/C16H33N3O/c1-5-9-17-15-8-10-19(11-13(15)4)12-16(20)18-14(6-2)7-3/h13-15,17H,5-12H2,1-4H3,(H,18,20). The molecule has 118 valence electrons. The summed E-state index contributed by atoms with van der Waals surface area (Å²) in [5, 5.41) is 6.75. The van der Waals surface area contributed by atoms with Gasteiger partial charge < -0.3 is 10.6 Å². The molecule has 20 heavy (non-hydrogen) atoms. The molecule has 0 spiro atoms. The van der Waals surface area contributed by atoms with Crippen molar-refractivity contribution >= 4 is 5.91 Å². The zero-order valence-electron chi connectivity index (χ0n) is 13.7. The van der Waals surface area contributed by atoms with Gasteiger partial charge in [0.1, 0.15) is 0 Å². The van der Waals surface area contributed by atoms with Crippen LogP contribution in [-0.2, 0) is 4.79 Å². The molecule has 1 aliphatic heterocycles. The summed E-state index contributed by atoms with van der Waals surface area (Å²) in [6, 6.07) is 0.956. The third kappa shape index (κ3) is 5.80. The van der Waals surface area contributed by atoms with Gasteiger partial charge in [0.2, 0.25) is 5.91 Å². The van der Waals surface area contributed by atoms with Crippen LogP contribution in [0.3, 0.4) is 0 Å². The second-order valence-corrected chi connectivity index (χ2v) is 6.14. The first-order chi connectivity index (χ1) is 9.60. The van der Waals surface area contributed by atoms with Crippen molar-refractivity contribution in [3.05, 3.63) is 0 Å². The summed E-state index contributed by atoms with van der Waals surface area (Å²) in [6.07, 6.45) is 4.37. The Hall–Kier alpha value is -0.610. The lowest BCUT2D eigenvalue weighted by atomic mass is 9.93. The molecule has 0 aliphatic carbocycles.